The van der Waals surface area contributed by atoms with E-state index in [9.17, 15) is 18.0 Å². The highest BCUT2D eigenvalue weighted by atomic mass is 19.3. The van der Waals surface area contributed by atoms with Crippen LogP contribution in [0, 0.1) is 5.82 Å². The number of carbonyl (C=O) groups excluding carboxylic acids is 1. The predicted molar refractivity (Wildman–Crippen MR) is 56.9 cm³/mol. The molecule has 0 saturated carbocycles. The Labute approximate surface area is 101 Å². The monoisotopic (exact) mass is 263 g/mol. The van der Waals surface area contributed by atoms with E-state index < -0.39 is 37.4 Å². The van der Waals surface area contributed by atoms with Gasteiger partial charge in [-0.2, -0.15) is 0 Å². The third-order valence-electron chi connectivity index (χ3n) is 1.99. The van der Waals surface area contributed by atoms with Crippen LogP contribution in [-0.2, 0) is 4.79 Å². The van der Waals surface area contributed by atoms with Gasteiger partial charge in [-0.3, -0.25) is 4.79 Å². The Bertz CT molecular complexity index is 401. The molecule has 0 radical (unpaired) electrons. The largest absolute Gasteiger partial charge is 0.481 e. The van der Waals surface area contributed by atoms with Crippen LogP contribution < -0.4 is 10.1 Å². The fourth-order valence-corrected chi connectivity index (χ4v) is 1.06. The maximum Gasteiger partial charge on any atom is 0.265 e. The first-order valence-corrected chi connectivity index (χ1v) is 5.11. The first kappa shape index (κ1) is 14.3. The van der Waals surface area contributed by atoms with Crippen molar-refractivity contribution in [2.24, 2.45) is 0 Å². The highest BCUT2D eigenvalue weighted by Crippen LogP contribution is 2.14. The van der Waals surface area contributed by atoms with E-state index in [0.29, 0.717) is 0 Å². The molecule has 0 saturated heterocycles. The molecule has 1 unspecified atom stereocenters. The molecule has 7 heteroatoms. The molecule has 4 nitrogen and oxygen atoms in total. The molecule has 1 atom stereocenters. The SMILES string of the molecule is O=C(COc1ccccc1F)NCC(O)C(F)F. The zero-order valence-electron chi connectivity index (χ0n) is 9.28. The topological polar surface area (TPSA) is 58.6 Å². The normalized spacial score (nSPS) is 12.3. The lowest BCUT2D eigenvalue weighted by atomic mass is 10.3. The summed E-state index contributed by atoms with van der Waals surface area (Å²) in [5.74, 6) is -1.46. The van der Waals surface area contributed by atoms with Crippen molar-refractivity contribution in [2.45, 2.75) is 12.5 Å². The van der Waals surface area contributed by atoms with E-state index >= 15 is 0 Å². The summed E-state index contributed by atoms with van der Waals surface area (Å²) in [6.07, 6.45) is -4.86. The maximum atomic E-state index is 13.1. The van der Waals surface area contributed by atoms with Crippen molar-refractivity contribution in [3.05, 3.63) is 30.1 Å². The molecule has 0 aliphatic carbocycles. The number of amides is 1. The number of carbonyl (C=O) groups is 1. The highest BCUT2D eigenvalue weighted by Gasteiger charge is 2.17. The number of hydrogen-bond acceptors (Lipinski definition) is 3. The molecule has 0 bridgehead atoms. The number of aliphatic hydroxyl groups is 1. The minimum absolute atomic E-state index is 0.109. The Morgan fingerprint density at radius 3 is 2.67 bits per heavy atom. The standard InChI is InChI=1S/C11H12F3NO3/c12-7-3-1-2-4-9(7)18-6-10(17)15-5-8(16)11(13)14/h1-4,8,11,16H,5-6H2,(H,15,17). The Balaban J connectivity index is 2.32. The quantitative estimate of drug-likeness (QED) is 0.803. The van der Waals surface area contributed by atoms with Crippen LogP contribution in [0.5, 0.6) is 5.75 Å². The average molecular weight is 263 g/mol. The second-order valence-electron chi connectivity index (χ2n) is 3.42. The second kappa shape index (κ2) is 6.85. The number of ether oxygens (including phenoxy) is 1. The molecule has 0 fully saturated rings. The van der Waals surface area contributed by atoms with E-state index in [0.717, 1.165) is 6.07 Å². The van der Waals surface area contributed by atoms with Crippen molar-refractivity contribution in [1.82, 2.24) is 5.32 Å². The maximum absolute atomic E-state index is 13.1. The molecule has 0 heterocycles. The van der Waals surface area contributed by atoms with Crippen LogP contribution in [0.4, 0.5) is 13.2 Å². The summed E-state index contributed by atoms with van der Waals surface area (Å²) in [6.45, 7) is -1.10. The van der Waals surface area contributed by atoms with Crippen molar-refractivity contribution in [1.29, 1.82) is 0 Å². The first-order chi connectivity index (χ1) is 8.50. The number of aliphatic hydroxyl groups excluding tert-OH is 1. The van der Waals surface area contributed by atoms with Crippen molar-refractivity contribution in [2.75, 3.05) is 13.2 Å². The van der Waals surface area contributed by atoms with Gasteiger partial charge in [0.25, 0.3) is 12.3 Å². The van der Waals surface area contributed by atoms with Crippen LogP contribution in [0.2, 0.25) is 0 Å². The van der Waals surface area contributed by atoms with Gasteiger partial charge in [-0.15, -0.1) is 0 Å². The molecule has 0 aliphatic heterocycles. The molecule has 0 aromatic heterocycles. The average Bonchev–Trinajstić information content (AvgIpc) is 2.34. The Hall–Kier alpha value is -1.76. The lowest BCUT2D eigenvalue weighted by Crippen LogP contribution is -2.38. The predicted octanol–water partition coefficient (Wildman–Crippen LogP) is 0.947. The third-order valence-corrected chi connectivity index (χ3v) is 1.99. The molecule has 1 amide bonds. The van der Waals surface area contributed by atoms with Crippen molar-refractivity contribution in [3.63, 3.8) is 0 Å². The van der Waals surface area contributed by atoms with Gasteiger partial charge in [0.1, 0.15) is 6.10 Å². The molecule has 2 N–H and O–H groups in total. The Kier molecular flexibility index (Phi) is 5.44. The van der Waals surface area contributed by atoms with Gasteiger partial charge in [0.15, 0.2) is 18.2 Å². The van der Waals surface area contributed by atoms with Crippen LogP contribution in [0.1, 0.15) is 0 Å². The summed E-state index contributed by atoms with van der Waals surface area (Å²) in [4.78, 5) is 11.1. The van der Waals surface area contributed by atoms with Gasteiger partial charge in [0.2, 0.25) is 0 Å². The number of hydrogen-bond donors (Lipinski definition) is 2. The zero-order chi connectivity index (χ0) is 13.5. The molecule has 100 valence electrons. The summed E-state index contributed by atoms with van der Waals surface area (Å²) >= 11 is 0. The lowest BCUT2D eigenvalue weighted by Gasteiger charge is -2.11. The zero-order valence-corrected chi connectivity index (χ0v) is 9.28. The molecule has 1 aromatic carbocycles. The summed E-state index contributed by atoms with van der Waals surface area (Å²) < 4.78 is 41.7. The second-order valence-corrected chi connectivity index (χ2v) is 3.42. The Morgan fingerprint density at radius 2 is 2.06 bits per heavy atom. The fourth-order valence-electron chi connectivity index (χ4n) is 1.06. The smallest absolute Gasteiger partial charge is 0.265 e. The molecule has 0 spiro atoms. The lowest BCUT2D eigenvalue weighted by molar-refractivity contribution is -0.124. The number of nitrogens with one attached hydrogen (secondary N) is 1. The summed E-state index contributed by atoms with van der Waals surface area (Å²) in [5.41, 5.74) is 0. The molecule has 0 aliphatic rings. The minimum atomic E-state index is -2.93. The van der Waals surface area contributed by atoms with Crippen LogP contribution in [-0.4, -0.2) is 36.7 Å². The van der Waals surface area contributed by atoms with Gasteiger partial charge in [0.05, 0.1) is 0 Å². The van der Waals surface area contributed by atoms with Crippen molar-refractivity contribution in [3.8, 4) is 5.75 Å². The molecule has 18 heavy (non-hydrogen) atoms. The summed E-state index contributed by atoms with van der Waals surface area (Å²) in [7, 11) is 0. The van der Waals surface area contributed by atoms with Crippen LogP contribution in [0.25, 0.3) is 0 Å². The first-order valence-electron chi connectivity index (χ1n) is 5.11. The van der Waals surface area contributed by atoms with Gasteiger partial charge in [-0.05, 0) is 12.1 Å². The van der Waals surface area contributed by atoms with Gasteiger partial charge in [-0.1, -0.05) is 12.1 Å². The van der Waals surface area contributed by atoms with E-state index in [2.05, 4.69) is 0 Å². The fraction of sp³-hybridized carbons (Fsp3) is 0.364. The number of halogens is 3. The van der Waals surface area contributed by atoms with Gasteiger partial charge in [-0.25, -0.2) is 13.2 Å². The molecule has 1 rings (SSSR count). The van der Waals surface area contributed by atoms with E-state index in [1.54, 1.807) is 0 Å². The van der Waals surface area contributed by atoms with Crippen LogP contribution in [0.15, 0.2) is 24.3 Å². The van der Waals surface area contributed by atoms with E-state index in [-0.39, 0.29) is 5.75 Å². The highest BCUT2D eigenvalue weighted by molar-refractivity contribution is 5.77. The third kappa shape index (κ3) is 4.62. The molecular weight excluding hydrogens is 251 g/mol. The van der Waals surface area contributed by atoms with Gasteiger partial charge in [0, 0.05) is 6.54 Å². The van der Waals surface area contributed by atoms with E-state index in [1.165, 1.54) is 18.2 Å². The summed E-state index contributed by atoms with van der Waals surface area (Å²) in [6, 6.07) is 5.47. The number of alkyl halides is 2. The van der Waals surface area contributed by atoms with E-state index in [1.807, 2.05) is 5.32 Å². The molecule has 1 aromatic rings. The van der Waals surface area contributed by atoms with Crippen molar-refractivity contribution >= 4 is 5.91 Å². The number of benzene rings is 1. The van der Waals surface area contributed by atoms with Crippen LogP contribution >= 0.6 is 0 Å². The van der Waals surface area contributed by atoms with Gasteiger partial charge >= 0.3 is 0 Å². The van der Waals surface area contributed by atoms with E-state index in [4.69, 9.17) is 9.84 Å². The van der Waals surface area contributed by atoms with Crippen molar-refractivity contribution < 1.29 is 27.8 Å². The Morgan fingerprint density at radius 1 is 1.39 bits per heavy atom. The minimum Gasteiger partial charge on any atom is -0.481 e. The molecular formula is C11H12F3NO3. The van der Waals surface area contributed by atoms with Crippen LogP contribution in [0.3, 0.4) is 0 Å². The summed E-state index contributed by atoms with van der Waals surface area (Å²) in [5, 5.41) is 10.8. The number of para-hydroxylation sites is 1. The van der Waals surface area contributed by atoms with Gasteiger partial charge < -0.3 is 15.2 Å². The number of rotatable bonds is 6.